The maximum atomic E-state index is 2.41. The van der Waals surface area contributed by atoms with Crippen LogP contribution in [0.25, 0.3) is 49.2 Å². The summed E-state index contributed by atoms with van der Waals surface area (Å²) in [6.45, 7) is 0. The van der Waals surface area contributed by atoms with Crippen LogP contribution >= 0.6 is 0 Å². The standard InChI is InChI=1S/C29H18/c1-2-8-19-16-26-25-14-6-13-23-22-11-4-3-9-20(22)17-27(29(23)25)24-12-5-10-21(28(24)26)15-18(19)7-1/h1-14,16-17H,15H2. The van der Waals surface area contributed by atoms with Crippen molar-refractivity contribution in [3.8, 4) is 0 Å². The molecule has 0 saturated heterocycles. The largest absolute Gasteiger partial charge is 0.0619 e. The van der Waals surface area contributed by atoms with Crippen molar-refractivity contribution in [2.24, 2.45) is 0 Å². The molecule has 0 spiro atoms. The molecule has 0 radical (unpaired) electrons. The zero-order valence-corrected chi connectivity index (χ0v) is 15.9. The van der Waals surface area contributed by atoms with Crippen LogP contribution in [0.15, 0.2) is 91.0 Å². The predicted octanol–water partition coefficient (Wildman–Crippen LogP) is 6.75. The second-order valence-corrected chi connectivity index (χ2v) is 8.15. The van der Waals surface area contributed by atoms with Gasteiger partial charge in [0.15, 0.2) is 0 Å². The Balaban J connectivity index is 1.85. The van der Waals surface area contributed by atoms with Crippen LogP contribution in [0.5, 0.6) is 0 Å². The summed E-state index contributed by atoms with van der Waals surface area (Å²) in [5.74, 6) is 0. The monoisotopic (exact) mass is 366 g/mol. The van der Waals surface area contributed by atoms with E-state index in [2.05, 4.69) is 97.1 Å². The zero-order valence-electron chi connectivity index (χ0n) is 15.9. The Morgan fingerprint density at radius 3 is 2.14 bits per heavy atom. The van der Waals surface area contributed by atoms with Crippen molar-refractivity contribution in [3.63, 3.8) is 0 Å². The number of rotatable bonds is 0. The molecule has 0 atom stereocenters. The molecule has 0 N–H and O–H groups in total. The predicted molar refractivity (Wildman–Crippen MR) is 124 cm³/mol. The van der Waals surface area contributed by atoms with Crippen molar-refractivity contribution in [3.05, 3.63) is 113 Å². The van der Waals surface area contributed by atoms with Gasteiger partial charge in [0.25, 0.3) is 0 Å². The molecule has 29 heavy (non-hydrogen) atoms. The first kappa shape index (κ1) is 15.3. The molecule has 0 nitrogen and oxygen atoms in total. The third-order valence-corrected chi connectivity index (χ3v) is 6.62. The minimum Gasteiger partial charge on any atom is -0.0619 e. The lowest BCUT2D eigenvalue weighted by Crippen LogP contribution is -2.07. The fourth-order valence-electron chi connectivity index (χ4n) is 5.37. The van der Waals surface area contributed by atoms with Crippen molar-refractivity contribution in [1.29, 1.82) is 0 Å². The van der Waals surface area contributed by atoms with E-state index in [-0.39, 0.29) is 0 Å². The van der Waals surface area contributed by atoms with Gasteiger partial charge < -0.3 is 0 Å². The van der Waals surface area contributed by atoms with Crippen LogP contribution in [0.3, 0.4) is 0 Å². The Bertz CT molecular complexity index is 1670. The lowest BCUT2D eigenvalue weighted by molar-refractivity contribution is 1.21. The molecule has 0 heteroatoms. The molecule has 0 aliphatic heterocycles. The van der Waals surface area contributed by atoms with Gasteiger partial charge in [-0.05, 0) is 83.6 Å². The van der Waals surface area contributed by atoms with Gasteiger partial charge >= 0.3 is 0 Å². The highest BCUT2D eigenvalue weighted by Crippen LogP contribution is 2.38. The molecule has 0 saturated carbocycles. The Hall–Kier alpha value is -3.64. The first-order valence-corrected chi connectivity index (χ1v) is 10.3. The normalized spacial score (nSPS) is 13.0. The summed E-state index contributed by atoms with van der Waals surface area (Å²) in [5, 5.41) is 12.3. The van der Waals surface area contributed by atoms with Crippen LogP contribution in [0.4, 0.5) is 0 Å². The summed E-state index contributed by atoms with van der Waals surface area (Å²) in [7, 11) is 0. The Morgan fingerprint density at radius 1 is 0.483 bits per heavy atom. The fourth-order valence-corrected chi connectivity index (χ4v) is 5.37. The van der Waals surface area contributed by atoms with Crippen LogP contribution in [-0.2, 0) is 6.42 Å². The summed E-state index contributed by atoms with van der Waals surface area (Å²) in [4.78, 5) is 0. The Labute approximate surface area is 168 Å². The van der Waals surface area contributed by atoms with Gasteiger partial charge in [-0.2, -0.15) is 0 Å². The second kappa shape index (κ2) is 5.46. The molecular weight excluding hydrogens is 348 g/mol. The van der Waals surface area contributed by atoms with Crippen LogP contribution < -0.4 is 5.22 Å². The van der Waals surface area contributed by atoms with E-state index in [1.807, 2.05) is 0 Å². The molecule has 6 aromatic carbocycles. The molecule has 0 heterocycles. The quantitative estimate of drug-likeness (QED) is 0.206. The fraction of sp³-hybridized carbons (Fsp3) is 0.0345. The summed E-state index contributed by atoms with van der Waals surface area (Å²) >= 11 is 0. The number of benzene rings is 6. The van der Waals surface area contributed by atoms with Gasteiger partial charge in [-0.15, -0.1) is 0 Å². The first-order chi connectivity index (χ1) is 14.4. The molecule has 0 bridgehead atoms. The van der Waals surface area contributed by atoms with Crippen LogP contribution in [-0.4, -0.2) is 0 Å². The lowest BCUT2D eigenvalue weighted by Gasteiger charge is -2.15. The van der Waals surface area contributed by atoms with E-state index in [9.17, 15) is 0 Å². The molecule has 7 rings (SSSR count). The van der Waals surface area contributed by atoms with Gasteiger partial charge in [0, 0.05) is 0 Å². The molecular formula is C29H18. The maximum absolute atomic E-state index is 2.41. The van der Waals surface area contributed by atoms with E-state index in [4.69, 9.17) is 0 Å². The zero-order chi connectivity index (χ0) is 18.9. The molecule has 0 aromatic heterocycles. The van der Waals surface area contributed by atoms with Gasteiger partial charge in [0.1, 0.15) is 0 Å². The maximum Gasteiger partial charge on any atom is -0.00134 e. The van der Waals surface area contributed by atoms with E-state index in [1.54, 1.807) is 0 Å². The van der Waals surface area contributed by atoms with Gasteiger partial charge in [-0.3, -0.25) is 0 Å². The van der Waals surface area contributed by atoms with Crippen molar-refractivity contribution in [2.45, 2.75) is 6.42 Å². The molecule has 1 aliphatic rings. The summed E-state index contributed by atoms with van der Waals surface area (Å²) in [6.07, 6.45) is 3.40. The smallest absolute Gasteiger partial charge is 0.00134 e. The third-order valence-electron chi connectivity index (χ3n) is 6.62. The molecule has 6 aromatic rings. The lowest BCUT2D eigenvalue weighted by atomic mass is 9.88. The van der Waals surface area contributed by atoms with E-state index in [0.29, 0.717) is 0 Å². The van der Waals surface area contributed by atoms with Gasteiger partial charge in [0.05, 0.1) is 0 Å². The van der Waals surface area contributed by atoms with Crippen molar-refractivity contribution < 1.29 is 0 Å². The molecule has 1 aliphatic carbocycles. The van der Waals surface area contributed by atoms with Gasteiger partial charge in [-0.25, -0.2) is 0 Å². The number of hydrogen-bond donors (Lipinski definition) is 0. The van der Waals surface area contributed by atoms with Gasteiger partial charge in [0.2, 0.25) is 0 Å². The highest BCUT2D eigenvalue weighted by atomic mass is 14.2. The summed E-state index contributed by atoms with van der Waals surface area (Å²) in [6, 6.07) is 33.7. The second-order valence-electron chi connectivity index (χ2n) is 8.15. The average Bonchev–Trinajstić information content (AvgIpc) is 2.94. The highest BCUT2D eigenvalue weighted by Gasteiger charge is 2.17. The highest BCUT2D eigenvalue weighted by molar-refractivity contribution is 6.28. The minimum atomic E-state index is 0.984. The van der Waals surface area contributed by atoms with Crippen LogP contribution in [0.1, 0.15) is 16.7 Å². The molecule has 0 unspecified atom stereocenters. The minimum absolute atomic E-state index is 0.984. The Kier molecular flexibility index (Phi) is 2.88. The van der Waals surface area contributed by atoms with E-state index < -0.39 is 0 Å². The van der Waals surface area contributed by atoms with Crippen molar-refractivity contribution >= 4 is 49.2 Å². The topological polar surface area (TPSA) is 0 Å². The van der Waals surface area contributed by atoms with Gasteiger partial charge in [-0.1, -0.05) is 84.9 Å². The first-order valence-electron chi connectivity index (χ1n) is 10.3. The number of hydrogen-bond acceptors (Lipinski definition) is 0. The molecule has 0 fully saturated rings. The van der Waals surface area contributed by atoms with E-state index >= 15 is 0 Å². The van der Waals surface area contributed by atoms with Crippen LogP contribution in [0.2, 0.25) is 0 Å². The van der Waals surface area contributed by atoms with Crippen molar-refractivity contribution in [1.82, 2.24) is 0 Å². The van der Waals surface area contributed by atoms with Crippen molar-refractivity contribution in [2.75, 3.05) is 0 Å². The number of fused-ring (bicyclic) bond motifs is 5. The summed E-state index contributed by atoms with van der Waals surface area (Å²) < 4.78 is 0. The SMILES string of the molecule is C1=c2c3cccc4c5ccccc5cc(c5cccc(c25)Cc2ccccc21)c34. The van der Waals surface area contributed by atoms with E-state index in [0.717, 1.165) is 6.42 Å². The average molecular weight is 366 g/mol. The third kappa shape index (κ3) is 1.98. The van der Waals surface area contributed by atoms with E-state index in [1.165, 1.54) is 65.0 Å². The summed E-state index contributed by atoms with van der Waals surface area (Å²) in [5.41, 5.74) is 4.17. The van der Waals surface area contributed by atoms with Crippen LogP contribution in [0, 0.1) is 0 Å². The Morgan fingerprint density at radius 2 is 1.17 bits per heavy atom. The molecule has 0 amide bonds. The molecule has 134 valence electrons.